The van der Waals surface area contributed by atoms with Crippen molar-refractivity contribution in [3.8, 4) is 0 Å². The number of hydrogen-bond donors (Lipinski definition) is 2. The molecule has 1 fully saturated rings. The Morgan fingerprint density at radius 2 is 1.69 bits per heavy atom. The van der Waals surface area contributed by atoms with Gasteiger partial charge in [-0.3, -0.25) is 14.6 Å². The Morgan fingerprint density at radius 1 is 0.962 bits per heavy atom. The Hall–Kier alpha value is -2.69. The molecule has 136 valence electrons. The van der Waals surface area contributed by atoms with Crippen LogP contribution in [0.1, 0.15) is 60.5 Å². The van der Waals surface area contributed by atoms with Crippen molar-refractivity contribution in [1.29, 1.82) is 0 Å². The van der Waals surface area contributed by atoms with E-state index in [-0.39, 0.29) is 17.9 Å². The Bertz CT molecular complexity index is 711. The summed E-state index contributed by atoms with van der Waals surface area (Å²) in [5.74, 6) is -0.455. The van der Waals surface area contributed by atoms with Crippen molar-refractivity contribution in [2.45, 2.75) is 50.6 Å². The molecule has 3 rings (SSSR count). The number of nitrogens with one attached hydrogen (secondary N) is 2. The van der Waals surface area contributed by atoms with Gasteiger partial charge in [0.05, 0.1) is 5.56 Å². The fourth-order valence-electron chi connectivity index (χ4n) is 3.37. The van der Waals surface area contributed by atoms with Gasteiger partial charge in [0, 0.05) is 18.4 Å². The van der Waals surface area contributed by atoms with Crippen LogP contribution in [-0.2, 0) is 4.79 Å². The van der Waals surface area contributed by atoms with Crippen LogP contribution in [0.3, 0.4) is 0 Å². The third-order valence-corrected chi connectivity index (χ3v) is 4.80. The molecule has 1 aromatic heterocycles. The first-order valence-electron chi connectivity index (χ1n) is 9.30. The Morgan fingerprint density at radius 3 is 2.35 bits per heavy atom. The van der Waals surface area contributed by atoms with Crippen LogP contribution in [0.4, 0.5) is 0 Å². The second-order valence-corrected chi connectivity index (χ2v) is 6.76. The molecule has 2 N–H and O–H groups in total. The van der Waals surface area contributed by atoms with Gasteiger partial charge < -0.3 is 10.6 Å². The van der Waals surface area contributed by atoms with Gasteiger partial charge in [-0.15, -0.1) is 0 Å². The maximum Gasteiger partial charge on any atom is 0.253 e. The van der Waals surface area contributed by atoms with Gasteiger partial charge in [0.25, 0.3) is 5.91 Å². The maximum atomic E-state index is 12.9. The highest BCUT2D eigenvalue weighted by atomic mass is 16.2. The zero-order valence-electron chi connectivity index (χ0n) is 14.9. The second kappa shape index (κ2) is 9.13. The fraction of sp³-hybridized carbons (Fsp3) is 0.381. The molecule has 5 nitrogen and oxygen atoms in total. The summed E-state index contributed by atoms with van der Waals surface area (Å²) < 4.78 is 0. The minimum absolute atomic E-state index is 0.152. The van der Waals surface area contributed by atoms with Crippen molar-refractivity contribution >= 4 is 11.8 Å². The second-order valence-electron chi connectivity index (χ2n) is 6.76. The van der Waals surface area contributed by atoms with Crippen molar-refractivity contribution in [1.82, 2.24) is 15.6 Å². The SMILES string of the molecule is O=C(N[C@H](C(=O)NC1CCCCCC1)c1ccccc1)c1cccnc1. The number of amides is 2. The van der Waals surface area contributed by atoms with Crippen LogP contribution in [0.25, 0.3) is 0 Å². The molecule has 0 radical (unpaired) electrons. The molecule has 2 amide bonds. The summed E-state index contributed by atoms with van der Waals surface area (Å²) in [6.07, 6.45) is 9.86. The van der Waals surface area contributed by atoms with Gasteiger partial charge in [0.15, 0.2) is 0 Å². The predicted molar refractivity (Wildman–Crippen MR) is 101 cm³/mol. The minimum Gasteiger partial charge on any atom is -0.351 e. The van der Waals surface area contributed by atoms with Crippen molar-refractivity contribution in [2.75, 3.05) is 0 Å². The van der Waals surface area contributed by atoms with Crippen molar-refractivity contribution in [2.24, 2.45) is 0 Å². The first kappa shape index (κ1) is 18.1. The normalized spacial score (nSPS) is 16.3. The average molecular weight is 351 g/mol. The quantitative estimate of drug-likeness (QED) is 0.811. The molecule has 1 aliphatic carbocycles. The number of pyridine rings is 1. The molecule has 26 heavy (non-hydrogen) atoms. The van der Waals surface area contributed by atoms with Crippen molar-refractivity contribution in [3.05, 3.63) is 66.0 Å². The molecular weight excluding hydrogens is 326 g/mol. The maximum absolute atomic E-state index is 12.9. The van der Waals surface area contributed by atoms with E-state index in [2.05, 4.69) is 15.6 Å². The van der Waals surface area contributed by atoms with Gasteiger partial charge in [-0.1, -0.05) is 56.0 Å². The smallest absolute Gasteiger partial charge is 0.253 e. The third-order valence-electron chi connectivity index (χ3n) is 4.80. The lowest BCUT2D eigenvalue weighted by molar-refractivity contribution is -0.123. The summed E-state index contributed by atoms with van der Waals surface area (Å²) in [7, 11) is 0. The Balaban J connectivity index is 1.74. The van der Waals surface area contributed by atoms with Crippen LogP contribution < -0.4 is 10.6 Å². The molecule has 0 saturated heterocycles. The van der Waals surface area contributed by atoms with Gasteiger partial charge in [-0.05, 0) is 30.5 Å². The standard InChI is InChI=1S/C21H25N3O2/c25-20(17-11-8-14-22-15-17)24-19(16-9-4-3-5-10-16)21(26)23-18-12-6-1-2-7-13-18/h3-5,8-11,14-15,18-19H,1-2,6-7,12-13H2,(H,23,26)(H,24,25)/t19-/m0/s1. The number of rotatable bonds is 5. The molecule has 1 aliphatic rings. The van der Waals surface area contributed by atoms with Crippen LogP contribution in [0.2, 0.25) is 0 Å². The molecular formula is C21H25N3O2. The van der Waals surface area contributed by atoms with Crippen LogP contribution in [0.5, 0.6) is 0 Å². The number of benzene rings is 1. The molecule has 1 heterocycles. The number of aromatic nitrogens is 1. The summed E-state index contributed by atoms with van der Waals surface area (Å²) in [5, 5.41) is 6.01. The summed E-state index contributed by atoms with van der Waals surface area (Å²) in [5.41, 5.74) is 1.21. The zero-order chi connectivity index (χ0) is 18.2. The average Bonchev–Trinajstić information content (AvgIpc) is 2.96. The fourth-order valence-corrected chi connectivity index (χ4v) is 3.37. The molecule has 5 heteroatoms. The van der Waals surface area contributed by atoms with E-state index in [4.69, 9.17) is 0 Å². The highest BCUT2D eigenvalue weighted by Gasteiger charge is 2.25. The summed E-state index contributed by atoms with van der Waals surface area (Å²) >= 11 is 0. The lowest BCUT2D eigenvalue weighted by Gasteiger charge is -2.23. The minimum atomic E-state index is -0.716. The van der Waals surface area contributed by atoms with Crippen LogP contribution >= 0.6 is 0 Å². The molecule has 1 atom stereocenters. The molecule has 0 unspecified atom stereocenters. The molecule has 2 aromatic rings. The van der Waals surface area contributed by atoms with Gasteiger partial charge in [0.2, 0.25) is 5.91 Å². The Labute approximate surface area is 154 Å². The van der Waals surface area contributed by atoms with Gasteiger partial charge >= 0.3 is 0 Å². The van der Waals surface area contributed by atoms with Gasteiger partial charge in [-0.25, -0.2) is 0 Å². The lowest BCUT2D eigenvalue weighted by Crippen LogP contribution is -2.44. The van der Waals surface area contributed by atoms with E-state index in [1.807, 2.05) is 30.3 Å². The highest BCUT2D eigenvalue weighted by molar-refractivity contribution is 5.97. The van der Waals surface area contributed by atoms with E-state index < -0.39 is 6.04 Å². The van der Waals surface area contributed by atoms with Gasteiger partial charge in [-0.2, -0.15) is 0 Å². The largest absolute Gasteiger partial charge is 0.351 e. The summed E-state index contributed by atoms with van der Waals surface area (Å²) in [4.78, 5) is 29.5. The lowest BCUT2D eigenvalue weighted by atomic mass is 10.0. The summed E-state index contributed by atoms with van der Waals surface area (Å²) in [6, 6.07) is 12.2. The third kappa shape index (κ3) is 4.91. The number of hydrogen-bond acceptors (Lipinski definition) is 3. The van der Waals surface area contributed by atoms with Crippen LogP contribution in [0.15, 0.2) is 54.9 Å². The van der Waals surface area contributed by atoms with E-state index in [0.29, 0.717) is 5.56 Å². The molecule has 0 bridgehead atoms. The zero-order valence-corrected chi connectivity index (χ0v) is 14.9. The molecule has 0 aliphatic heterocycles. The first-order valence-corrected chi connectivity index (χ1v) is 9.30. The van der Waals surface area contributed by atoms with Gasteiger partial charge in [0.1, 0.15) is 6.04 Å². The first-order chi connectivity index (χ1) is 12.7. The van der Waals surface area contributed by atoms with E-state index >= 15 is 0 Å². The topological polar surface area (TPSA) is 71.1 Å². The molecule has 1 aromatic carbocycles. The van der Waals surface area contributed by atoms with Crippen molar-refractivity contribution in [3.63, 3.8) is 0 Å². The van der Waals surface area contributed by atoms with E-state index in [1.165, 1.54) is 19.0 Å². The van der Waals surface area contributed by atoms with Crippen LogP contribution in [-0.4, -0.2) is 22.8 Å². The van der Waals surface area contributed by atoms with Crippen LogP contribution in [0, 0.1) is 0 Å². The van der Waals surface area contributed by atoms with E-state index in [0.717, 1.165) is 31.2 Å². The monoisotopic (exact) mass is 351 g/mol. The Kier molecular flexibility index (Phi) is 6.36. The number of carbonyl (C=O) groups excluding carboxylic acids is 2. The molecule has 0 spiro atoms. The summed E-state index contributed by atoms with van der Waals surface area (Å²) in [6.45, 7) is 0. The number of carbonyl (C=O) groups is 2. The van der Waals surface area contributed by atoms with E-state index in [9.17, 15) is 9.59 Å². The highest BCUT2D eigenvalue weighted by Crippen LogP contribution is 2.19. The predicted octanol–water partition coefficient (Wildman–Crippen LogP) is 3.39. The molecule has 1 saturated carbocycles. The number of nitrogens with zero attached hydrogens (tertiary/aromatic N) is 1. The van der Waals surface area contributed by atoms with E-state index in [1.54, 1.807) is 18.3 Å². The van der Waals surface area contributed by atoms with Crippen molar-refractivity contribution < 1.29 is 9.59 Å².